The van der Waals surface area contributed by atoms with Gasteiger partial charge in [-0.25, -0.2) is 4.99 Å². The predicted octanol–water partition coefficient (Wildman–Crippen LogP) is 1.55. The molecule has 1 aliphatic heterocycles. The van der Waals surface area contributed by atoms with Gasteiger partial charge >= 0.3 is 0 Å². The second kappa shape index (κ2) is 7.14. The minimum absolute atomic E-state index is 0.0522. The Bertz CT molecular complexity index is 390. The Hall–Kier alpha value is -1.26. The summed E-state index contributed by atoms with van der Waals surface area (Å²) in [5, 5.41) is 3.49. The van der Waals surface area contributed by atoms with Crippen LogP contribution in [0, 0.1) is 11.8 Å². The largest absolute Gasteiger partial charge is 0.354 e. The number of guanidine groups is 1. The number of hydrogen-bond acceptors (Lipinski definition) is 2. The van der Waals surface area contributed by atoms with Crippen molar-refractivity contribution in [2.24, 2.45) is 16.8 Å². The summed E-state index contributed by atoms with van der Waals surface area (Å²) in [6, 6.07) is 0.387. The van der Waals surface area contributed by atoms with Crippen molar-refractivity contribution >= 4 is 11.9 Å². The third-order valence-corrected chi connectivity index (χ3v) is 4.66. The maximum absolute atomic E-state index is 11.8. The highest BCUT2D eigenvalue weighted by molar-refractivity contribution is 5.85. The van der Waals surface area contributed by atoms with Gasteiger partial charge in [-0.2, -0.15) is 0 Å². The van der Waals surface area contributed by atoms with Crippen molar-refractivity contribution in [2.75, 3.05) is 33.7 Å². The van der Waals surface area contributed by atoms with Gasteiger partial charge in [-0.15, -0.1) is 0 Å². The summed E-state index contributed by atoms with van der Waals surface area (Å²) in [5.41, 5.74) is 0. The monoisotopic (exact) mass is 294 g/mol. The maximum Gasteiger partial charge on any atom is 0.243 e. The molecule has 0 aromatic carbocycles. The fourth-order valence-corrected chi connectivity index (χ4v) is 2.78. The first kappa shape index (κ1) is 16.1. The summed E-state index contributed by atoms with van der Waals surface area (Å²) in [4.78, 5) is 20.3. The van der Waals surface area contributed by atoms with E-state index in [2.05, 4.69) is 29.1 Å². The average Bonchev–Trinajstić information content (AvgIpc) is 3.20. The van der Waals surface area contributed by atoms with Gasteiger partial charge in [0, 0.05) is 33.2 Å². The molecule has 1 aliphatic carbocycles. The SMILES string of the molecule is CCC(C)NC(=NCC(=O)N(C)C)N1CCC(C2CC2)C1. The standard InChI is InChI=1S/C16H30N4O/c1-5-12(2)18-16(17-10-15(21)19(3)4)20-9-8-14(11-20)13-6-7-13/h12-14H,5-11H2,1-4H3,(H,17,18). The lowest BCUT2D eigenvalue weighted by Gasteiger charge is -2.25. The zero-order chi connectivity index (χ0) is 15.4. The van der Waals surface area contributed by atoms with Gasteiger partial charge in [0.2, 0.25) is 5.91 Å². The topological polar surface area (TPSA) is 47.9 Å². The van der Waals surface area contributed by atoms with Gasteiger partial charge in [0.1, 0.15) is 6.54 Å². The van der Waals surface area contributed by atoms with Gasteiger partial charge in [-0.1, -0.05) is 6.92 Å². The van der Waals surface area contributed by atoms with Crippen LogP contribution in [0.3, 0.4) is 0 Å². The van der Waals surface area contributed by atoms with E-state index in [9.17, 15) is 4.79 Å². The fourth-order valence-electron chi connectivity index (χ4n) is 2.78. The maximum atomic E-state index is 11.8. The smallest absolute Gasteiger partial charge is 0.243 e. The van der Waals surface area contributed by atoms with Crippen LogP contribution in [-0.4, -0.2) is 61.4 Å². The molecule has 2 aliphatic rings. The Labute approximate surface area is 128 Å². The number of carbonyl (C=O) groups excluding carboxylic acids is 1. The zero-order valence-electron chi connectivity index (χ0n) is 13.9. The van der Waals surface area contributed by atoms with Crippen molar-refractivity contribution in [3.8, 4) is 0 Å². The number of rotatable bonds is 5. The zero-order valence-corrected chi connectivity index (χ0v) is 13.9. The molecule has 2 unspecified atom stereocenters. The van der Waals surface area contributed by atoms with Crippen LogP contribution < -0.4 is 5.32 Å². The lowest BCUT2D eigenvalue weighted by atomic mass is 10.0. The van der Waals surface area contributed by atoms with Gasteiger partial charge in [0.25, 0.3) is 0 Å². The van der Waals surface area contributed by atoms with Crippen LogP contribution >= 0.6 is 0 Å². The second-order valence-corrected chi connectivity index (χ2v) is 6.71. The van der Waals surface area contributed by atoms with Gasteiger partial charge in [0.05, 0.1) is 0 Å². The number of nitrogens with zero attached hydrogens (tertiary/aromatic N) is 3. The van der Waals surface area contributed by atoms with E-state index in [1.54, 1.807) is 19.0 Å². The summed E-state index contributed by atoms with van der Waals surface area (Å²) in [5.74, 6) is 2.75. The average molecular weight is 294 g/mol. The predicted molar refractivity (Wildman–Crippen MR) is 86.3 cm³/mol. The first-order chi connectivity index (χ1) is 10.0. The molecule has 1 saturated carbocycles. The molecule has 5 heteroatoms. The summed E-state index contributed by atoms with van der Waals surface area (Å²) in [6.45, 7) is 6.73. The molecule has 120 valence electrons. The lowest BCUT2D eigenvalue weighted by molar-refractivity contribution is -0.127. The molecule has 0 spiro atoms. The van der Waals surface area contributed by atoms with Crippen LogP contribution in [0.2, 0.25) is 0 Å². The van der Waals surface area contributed by atoms with Crippen LogP contribution in [0.1, 0.15) is 39.5 Å². The van der Waals surface area contributed by atoms with Crippen LogP contribution in [0.4, 0.5) is 0 Å². The van der Waals surface area contributed by atoms with E-state index in [4.69, 9.17) is 0 Å². The molecule has 21 heavy (non-hydrogen) atoms. The van der Waals surface area contributed by atoms with Crippen LogP contribution in [-0.2, 0) is 4.79 Å². The Morgan fingerprint density at radius 3 is 2.62 bits per heavy atom. The van der Waals surface area contributed by atoms with Crippen molar-refractivity contribution in [1.82, 2.24) is 15.1 Å². The molecular formula is C16H30N4O. The van der Waals surface area contributed by atoms with E-state index < -0.39 is 0 Å². The number of likely N-dealkylation sites (N-methyl/N-ethyl adjacent to an activating group) is 1. The molecule has 1 N–H and O–H groups in total. The summed E-state index contributed by atoms with van der Waals surface area (Å²) in [6.07, 6.45) is 5.14. The third kappa shape index (κ3) is 4.61. The van der Waals surface area contributed by atoms with Crippen molar-refractivity contribution in [2.45, 2.75) is 45.6 Å². The highest BCUT2D eigenvalue weighted by atomic mass is 16.2. The molecule has 2 fully saturated rings. The highest BCUT2D eigenvalue weighted by Gasteiger charge is 2.36. The minimum Gasteiger partial charge on any atom is -0.354 e. The Kier molecular flexibility index (Phi) is 5.48. The van der Waals surface area contributed by atoms with Crippen molar-refractivity contribution in [1.29, 1.82) is 0 Å². The van der Waals surface area contributed by atoms with E-state index in [-0.39, 0.29) is 12.5 Å². The summed E-state index contributed by atoms with van der Waals surface area (Å²) >= 11 is 0. The van der Waals surface area contributed by atoms with Crippen LogP contribution in [0.25, 0.3) is 0 Å². The first-order valence-electron chi connectivity index (χ1n) is 8.27. The van der Waals surface area contributed by atoms with E-state index >= 15 is 0 Å². The van der Waals surface area contributed by atoms with E-state index in [0.717, 1.165) is 37.3 Å². The molecule has 5 nitrogen and oxygen atoms in total. The molecule has 0 bridgehead atoms. The molecular weight excluding hydrogens is 264 g/mol. The van der Waals surface area contributed by atoms with Crippen molar-refractivity contribution in [3.05, 3.63) is 0 Å². The van der Waals surface area contributed by atoms with Crippen LogP contribution in [0.5, 0.6) is 0 Å². The molecule has 1 saturated heterocycles. The molecule has 1 heterocycles. The minimum atomic E-state index is 0.0522. The van der Waals surface area contributed by atoms with E-state index in [0.29, 0.717) is 6.04 Å². The molecule has 2 atom stereocenters. The van der Waals surface area contributed by atoms with Gasteiger partial charge in [0.15, 0.2) is 5.96 Å². The Balaban J connectivity index is 1.97. The quantitative estimate of drug-likeness (QED) is 0.618. The van der Waals surface area contributed by atoms with E-state index in [1.807, 2.05) is 0 Å². The number of hydrogen-bond donors (Lipinski definition) is 1. The number of amides is 1. The highest BCUT2D eigenvalue weighted by Crippen LogP contribution is 2.41. The molecule has 2 rings (SSSR count). The number of likely N-dealkylation sites (tertiary alicyclic amines) is 1. The van der Waals surface area contributed by atoms with Gasteiger partial charge in [-0.3, -0.25) is 4.79 Å². The Morgan fingerprint density at radius 1 is 1.33 bits per heavy atom. The second-order valence-electron chi connectivity index (χ2n) is 6.71. The molecule has 0 aromatic heterocycles. The van der Waals surface area contributed by atoms with Gasteiger partial charge in [-0.05, 0) is 44.4 Å². The number of nitrogens with one attached hydrogen (secondary N) is 1. The fraction of sp³-hybridized carbons (Fsp3) is 0.875. The molecule has 0 aromatic rings. The lowest BCUT2D eigenvalue weighted by Crippen LogP contribution is -2.44. The third-order valence-electron chi connectivity index (χ3n) is 4.66. The first-order valence-corrected chi connectivity index (χ1v) is 8.27. The Morgan fingerprint density at radius 2 is 2.05 bits per heavy atom. The van der Waals surface area contributed by atoms with Crippen LogP contribution in [0.15, 0.2) is 4.99 Å². The van der Waals surface area contributed by atoms with Crippen molar-refractivity contribution < 1.29 is 4.79 Å². The number of aliphatic imine (C=N–C) groups is 1. The van der Waals surface area contributed by atoms with E-state index in [1.165, 1.54) is 19.3 Å². The normalized spacial score (nSPS) is 24.1. The summed E-state index contributed by atoms with van der Waals surface area (Å²) < 4.78 is 0. The van der Waals surface area contributed by atoms with Crippen molar-refractivity contribution in [3.63, 3.8) is 0 Å². The number of carbonyl (C=O) groups is 1. The summed E-state index contributed by atoms with van der Waals surface area (Å²) in [7, 11) is 3.55. The van der Waals surface area contributed by atoms with Gasteiger partial charge < -0.3 is 15.1 Å². The molecule has 1 amide bonds. The molecule has 0 radical (unpaired) electrons.